The third-order valence-electron chi connectivity index (χ3n) is 3.86. The van der Waals surface area contributed by atoms with Crippen molar-refractivity contribution < 1.29 is 19.1 Å². The first-order valence-corrected chi connectivity index (χ1v) is 7.68. The Bertz CT molecular complexity index is 556. The van der Waals surface area contributed by atoms with E-state index in [4.69, 9.17) is 4.74 Å². The molecule has 1 aliphatic rings. The second kappa shape index (κ2) is 7.24. The third-order valence-corrected chi connectivity index (χ3v) is 3.86. The van der Waals surface area contributed by atoms with Crippen molar-refractivity contribution in [3.63, 3.8) is 0 Å². The first kappa shape index (κ1) is 16.3. The first-order chi connectivity index (χ1) is 10.5. The van der Waals surface area contributed by atoms with E-state index < -0.39 is 12.1 Å². The number of ether oxygens (including phenoxy) is 1. The Morgan fingerprint density at radius 3 is 2.36 bits per heavy atom. The summed E-state index contributed by atoms with van der Waals surface area (Å²) in [5.41, 5.74) is 0.596. The van der Waals surface area contributed by atoms with E-state index in [-0.39, 0.29) is 17.4 Å². The van der Waals surface area contributed by atoms with Gasteiger partial charge in [0.25, 0.3) is 5.91 Å². The molecule has 2 heterocycles. The number of ketones is 1. The van der Waals surface area contributed by atoms with Gasteiger partial charge in [-0.3, -0.25) is 9.59 Å². The van der Waals surface area contributed by atoms with Crippen molar-refractivity contribution in [1.29, 1.82) is 0 Å². The van der Waals surface area contributed by atoms with Crippen molar-refractivity contribution >= 4 is 17.7 Å². The van der Waals surface area contributed by atoms with Crippen LogP contribution in [0.1, 0.15) is 60.4 Å². The van der Waals surface area contributed by atoms with Gasteiger partial charge in [0.05, 0.1) is 0 Å². The van der Waals surface area contributed by atoms with Crippen molar-refractivity contribution in [2.24, 2.45) is 0 Å². The predicted molar refractivity (Wildman–Crippen MR) is 80.7 cm³/mol. The zero-order valence-electron chi connectivity index (χ0n) is 13.1. The summed E-state index contributed by atoms with van der Waals surface area (Å²) in [5.74, 6) is -0.916. The maximum absolute atomic E-state index is 12.3. The summed E-state index contributed by atoms with van der Waals surface area (Å²) in [7, 11) is 0. The summed E-state index contributed by atoms with van der Waals surface area (Å²) < 4.78 is 5.21. The van der Waals surface area contributed by atoms with Crippen LogP contribution in [0, 0.1) is 0 Å². The average molecular weight is 306 g/mol. The van der Waals surface area contributed by atoms with Crippen LogP contribution in [0.15, 0.2) is 12.3 Å². The normalized spacial score (nSPS) is 16.7. The number of H-pyrrole nitrogens is 1. The van der Waals surface area contributed by atoms with Crippen LogP contribution in [0.2, 0.25) is 0 Å². The van der Waals surface area contributed by atoms with E-state index in [1.807, 2.05) is 0 Å². The molecular weight excluding hydrogens is 284 g/mol. The molecule has 1 fully saturated rings. The van der Waals surface area contributed by atoms with Gasteiger partial charge in [0, 0.05) is 24.8 Å². The number of hydrogen-bond acceptors (Lipinski definition) is 4. The number of esters is 1. The van der Waals surface area contributed by atoms with Gasteiger partial charge < -0.3 is 14.6 Å². The number of nitrogens with zero attached hydrogens (tertiary/aromatic N) is 1. The predicted octanol–water partition coefficient (Wildman–Crippen LogP) is 2.17. The molecule has 1 amide bonds. The molecule has 1 aromatic rings. The van der Waals surface area contributed by atoms with Gasteiger partial charge in [-0.1, -0.05) is 12.8 Å². The number of Topliss-reactive ketones (excluding diaryl/α,β-unsaturated/α-hetero) is 1. The number of amides is 1. The summed E-state index contributed by atoms with van der Waals surface area (Å²) in [5, 5.41) is 0. The zero-order chi connectivity index (χ0) is 16.1. The molecule has 22 heavy (non-hydrogen) atoms. The van der Waals surface area contributed by atoms with Crippen LogP contribution >= 0.6 is 0 Å². The van der Waals surface area contributed by atoms with Crippen LogP contribution in [-0.2, 0) is 9.53 Å². The van der Waals surface area contributed by atoms with Gasteiger partial charge in [0.15, 0.2) is 11.9 Å². The maximum atomic E-state index is 12.3. The molecule has 1 unspecified atom stereocenters. The summed E-state index contributed by atoms with van der Waals surface area (Å²) in [6.07, 6.45) is 4.88. The fourth-order valence-electron chi connectivity index (χ4n) is 2.54. The van der Waals surface area contributed by atoms with Crippen molar-refractivity contribution in [2.45, 2.75) is 45.6 Å². The number of nitrogens with one attached hydrogen (secondary N) is 1. The molecule has 0 spiro atoms. The highest BCUT2D eigenvalue weighted by Gasteiger charge is 2.25. The first-order valence-electron chi connectivity index (χ1n) is 7.68. The van der Waals surface area contributed by atoms with Crippen molar-refractivity contribution in [2.75, 3.05) is 13.1 Å². The average Bonchev–Trinajstić information content (AvgIpc) is 2.83. The summed E-state index contributed by atoms with van der Waals surface area (Å²) >= 11 is 0. The van der Waals surface area contributed by atoms with Crippen molar-refractivity contribution in [3.05, 3.63) is 23.5 Å². The van der Waals surface area contributed by atoms with Gasteiger partial charge >= 0.3 is 5.97 Å². The van der Waals surface area contributed by atoms with Gasteiger partial charge in [-0.05, 0) is 32.8 Å². The second-order valence-electron chi connectivity index (χ2n) is 5.65. The highest BCUT2D eigenvalue weighted by molar-refractivity contribution is 5.98. The van der Waals surface area contributed by atoms with Crippen LogP contribution in [-0.4, -0.2) is 46.7 Å². The molecule has 1 saturated heterocycles. The van der Waals surface area contributed by atoms with Gasteiger partial charge in [-0.15, -0.1) is 0 Å². The Balaban J connectivity index is 1.94. The Morgan fingerprint density at radius 2 is 1.82 bits per heavy atom. The molecule has 0 aliphatic carbocycles. The summed E-state index contributed by atoms with van der Waals surface area (Å²) in [4.78, 5) is 40.0. The van der Waals surface area contributed by atoms with Crippen molar-refractivity contribution in [3.8, 4) is 0 Å². The number of carbonyl (C=O) groups excluding carboxylic acids is 3. The quantitative estimate of drug-likeness (QED) is 0.683. The van der Waals surface area contributed by atoms with E-state index in [1.165, 1.54) is 19.2 Å². The van der Waals surface area contributed by atoms with Crippen LogP contribution in [0.4, 0.5) is 0 Å². The lowest BCUT2D eigenvalue weighted by Gasteiger charge is -2.23. The van der Waals surface area contributed by atoms with Gasteiger partial charge in [-0.25, -0.2) is 4.79 Å². The Hall–Kier alpha value is -2.11. The Morgan fingerprint density at radius 1 is 1.18 bits per heavy atom. The van der Waals surface area contributed by atoms with Crippen LogP contribution < -0.4 is 0 Å². The van der Waals surface area contributed by atoms with E-state index in [9.17, 15) is 14.4 Å². The monoisotopic (exact) mass is 306 g/mol. The van der Waals surface area contributed by atoms with Crippen molar-refractivity contribution in [1.82, 2.24) is 9.88 Å². The van der Waals surface area contributed by atoms with E-state index in [2.05, 4.69) is 4.98 Å². The number of hydrogen-bond donors (Lipinski definition) is 1. The number of rotatable bonds is 4. The SMILES string of the molecule is CC(=O)c1c[nH]c(C(=O)OC(C)C(=O)N2CCCCCC2)c1. The molecule has 2 rings (SSSR count). The number of carbonyl (C=O) groups is 3. The highest BCUT2D eigenvalue weighted by Crippen LogP contribution is 2.13. The van der Waals surface area contributed by atoms with Crippen LogP contribution in [0.3, 0.4) is 0 Å². The molecule has 6 nitrogen and oxygen atoms in total. The minimum absolute atomic E-state index is 0.135. The fourth-order valence-corrected chi connectivity index (χ4v) is 2.54. The van der Waals surface area contributed by atoms with E-state index in [0.29, 0.717) is 5.56 Å². The van der Waals surface area contributed by atoms with E-state index >= 15 is 0 Å². The van der Waals surface area contributed by atoms with Gasteiger partial charge in [0.1, 0.15) is 5.69 Å². The standard InChI is InChI=1S/C16H22N2O4/c1-11(19)13-9-14(17-10-13)16(21)22-12(2)15(20)18-7-5-3-4-6-8-18/h9-10,12,17H,3-8H2,1-2H3. The van der Waals surface area contributed by atoms with Gasteiger partial charge in [0.2, 0.25) is 0 Å². The van der Waals surface area contributed by atoms with Crippen LogP contribution in [0.25, 0.3) is 0 Å². The Kier molecular flexibility index (Phi) is 5.35. The van der Waals surface area contributed by atoms with E-state index in [0.717, 1.165) is 38.8 Å². The molecule has 1 aromatic heterocycles. The molecule has 0 aromatic carbocycles. The van der Waals surface area contributed by atoms with E-state index in [1.54, 1.807) is 11.8 Å². The summed E-state index contributed by atoms with van der Waals surface area (Å²) in [6, 6.07) is 1.44. The number of aromatic amines is 1. The smallest absolute Gasteiger partial charge is 0.355 e. The minimum Gasteiger partial charge on any atom is -0.448 e. The van der Waals surface area contributed by atoms with Crippen LogP contribution in [0.5, 0.6) is 0 Å². The molecule has 1 aliphatic heterocycles. The molecule has 0 saturated carbocycles. The molecule has 1 atom stereocenters. The molecular formula is C16H22N2O4. The van der Waals surface area contributed by atoms with Gasteiger partial charge in [-0.2, -0.15) is 0 Å². The molecule has 120 valence electrons. The zero-order valence-corrected chi connectivity index (χ0v) is 13.1. The molecule has 0 radical (unpaired) electrons. The third kappa shape index (κ3) is 3.96. The largest absolute Gasteiger partial charge is 0.448 e. The lowest BCUT2D eigenvalue weighted by atomic mass is 10.2. The molecule has 6 heteroatoms. The molecule has 1 N–H and O–H groups in total. The highest BCUT2D eigenvalue weighted by atomic mass is 16.5. The molecule has 0 bridgehead atoms. The fraction of sp³-hybridized carbons (Fsp3) is 0.562. The lowest BCUT2D eigenvalue weighted by molar-refractivity contribution is -0.139. The maximum Gasteiger partial charge on any atom is 0.355 e. The minimum atomic E-state index is -0.824. The topological polar surface area (TPSA) is 79.5 Å². The second-order valence-corrected chi connectivity index (χ2v) is 5.65. The summed E-state index contributed by atoms with van der Waals surface area (Å²) in [6.45, 7) is 4.44. The Labute approximate surface area is 129 Å². The number of aromatic nitrogens is 1. The lowest BCUT2D eigenvalue weighted by Crippen LogP contribution is -2.40. The number of likely N-dealkylation sites (tertiary alicyclic amines) is 1.